The molecule has 0 aromatic carbocycles. The van der Waals surface area contributed by atoms with E-state index in [-0.39, 0.29) is 5.91 Å². The molecule has 1 fully saturated rings. The van der Waals surface area contributed by atoms with Gasteiger partial charge in [0.1, 0.15) is 15.6 Å². The van der Waals surface area contributed by atoms with E-state index >= 15 is 0 Å². The van der Waals surface area contributed by atoms with Crippen LogP contribution in [0.4, 0.5) is 0 Å². The number of carbonyl (C=O) groups is 1. The molecular weight excluding hydrogens is 326 g/mol. The summed E-state index contributed by atoms with van der Waals surface area (Å²) in [6.45, 7) is 7.08. The van der Waals surface area contributed by atoms with Gasteiger partial charge in [-0.1, -0.05) is 0 Å². The summed E-state index contributed by atoms with van der Waals surface area (Å²) in [7, 11) is 0. The van der Waals surface area contributed by atoms with Gasteiger partial charge in [-0.15, -0.1) is 11.3 Å². The minimum Gasteiger partial charge on any atom is -0.389 e. The van der Waals surface area contributed by atoms with Crippen LogP contribution in [-0.2, 0) is 0 Å². The average Bonchev–Trinajstić information content (AvgIpc) is 3.04. The molecule has 0 bridgehead atoms. The number of carbonyl (C=O) groups excluding carboxylic acids is 1. The van der Waals surface area contributed by atoms with Gasteiger partial charge in [0.05, 0.1) is 18.0 Å². The van der Waals surface area contributed by atoms with Crippen LogP contribution in [0.2, 0.25) is 0 Å². The fourth-order valence-electron chi connectivity index (χ4n) is 2.71. The van der Waals surface area contributed by atoms with Crippen molar-refractivity contribution in [2.45, 2.75) is 19.4 Å². The third kappa shape index (κ3) is 4.14. The molecule has 3 heterocycles. The van der Waals surface area contributed by atoms with E-state index in [2.05, 4.69) is 19.9 Å². The van der Waals surface area contributed by atoms with Crippen molar-refractivity contribution in [3.63, 3.8) is 0 Å². The average molecular weight is 347 g/mol. The van der Waals surface area contributed by atoms with Crippen LogP contribution in [0.3, 0.4) is 0 Å². The van der Waals surface area contributed by atoms with E-state index in [1.54, 1.807) is 38.6 Å². The molecule has 0 spiro atoms. The molecular formula is C16H21N5O2S. The van der Waals surface area contributed by atoms with Gasteiger partial charge in [0.15, 0.2) is 0 Å². The highest BCUT2D eigenvalue weighted by molar-refractivity contribution is 7.16. The molecule has 1 amide bonds. The Morgan fingerprint density at radius 3 is 2.58 bits per heavy atom. The van der Waals surface area contributed by atoms with Gasteiger partial charge in [0.2, 0.25) is 0 Å². The van der Waals surface area contributed by atoms with E-state index in [1.165, 1.54) is 11.3 Å². The molecule has 0 aliphatic carbocycles. The number of hydrogen-bond donors (Lipinski definition) is 1. The van der Waals surface area contributed by atoms with Crippen molar-refractivity contribution in [3.05, 3.63) is 29.7 Å². The molecule has 0 saturated carbocycles. The monoisotopic (exact) mass is 347 g/mol. The largest absolute Gasteiger partial charge is 0.389 e. The standard InChI is InChI=1S/C16H21N5O2S/c1-16(2,23)11-20-5-7-21(8-6-20)15(22)13-10-19-14(24-13)12-9-17-3-4-18-12/h3-4,9-10,23H,5-8,11H2,1-2H3. The maximum Gasteiger partial charge on any atom is 0.265 e. The Hall–Kier alpha value is -1.90. The van der Waals surface area contributed by atoms with Crippen molar-refractivity contribution in [2.24, 2.45) is 0 Å². The Kier molecular flexibility index (Phi) is 4.88. The van der Waals surface area contributed by atoms with Crippen molar-refractivity contribution in [2.75, 3.05) is 32.7 Å². The van der Waals surface area contributed by atoms with Crippen LogP contribution in [0.5, 0.6) is 0 Å². The van der Waals surface area contributed by atoms with E-state index in [4.69, 9.17) is 0 Å². The quantitative estimate of drug-likeness (QED) is 0.893. The van der Waals surface area contributed by atoms with Gasteiger partial charge in [-0.25, -0.2) is 4.98 Å². The maximum atomic E-state index is 12.6. The predicted octanol–water partition coefficient (Wildman–Crippen LogP) is 1.13. The molecule has 0 radical (unpaired) electrons. The molecule has 2 aromatic rings. The molecule has 24 heavy (non-hydrogen) atoms. The van der Waals surface area contributed by atoms with Crippen LogP contribution in [0.1, 0.15) is 23.5 Å². The lowest BCUT2D eigenvalue weighted by atomic mass is 10.1. The number of aliphatic hydroxyl groups is 1. The lowest BCUT2D eigenvalue weighted by molar-refractivity contribution is 0.0179. The number of piperazine rings is 1. The van der Waals surface area contributed by atoms with Crippen LogP contribution in [-0.4, -0.2) is 74.1 Å². The van der Waals surface area contributed by atoms with E-state index < -0.39 is 5.60 Å². The minimum atomic E-state index is -0.713. The SMILES string of the molecule is CC(C)(O)CN1CCN(C(=O)c2cnc(-c3cnccn3)s2)CC1. The first-order chi connectivity index (χ1) is 11.4. The Morgan fingerprint density at radius 2 is 1.96 bits per heavy atom. The number of β-amino-alcohol motifs (C(OH)–C–C–N with tert-alkyl or cyclic N) is 1. The predicted molar refractivity (Wildman–Crippen MR) is 91.8 cm³/mol. The lowest BCUT2D eigenvalue weighted by Crippen LogP contribution is -2.51. The molecule has 3 rings (SSSR count). The number of amides is 1. The summed E-state index contributed by atoms with van der Waals surface area (Å²) in [6.07, 6.45) is 6.47. The van der Waals surface area contributed by atoms with E-state index in [9.17, 15) is 9.90 Å². The molecule has 0 unspecified atom stereocenters. The van der Waals surface area contributed by atoms with Gasteiger partial charge in [0, 0.05) is 45.1 Å². The highest BCUT2D eigenvalue weighted by Gasteiger charge is 2.26. The molecule has 2 aromatic heterocycles. The molecule has 1 N–H and O–H groups in total. The number of hydrogen-bond acceptors (Lipinski definition) is 7. The van der Waals surface area contributed by atoms with Crippen molar-refractivity contribution in [1.82, 2.24) is 24.8 Å². The second-order valence-electron chi connectivity index (χ2n) is 6.50. The van der Waals surface area contributed by atoms with E-state index in [0.717, 1.165) is 13.1 Å². The van der Waals surface area contributed by atoms with Gasteiger partial charge in [-0.3, -0.25) is 19.7 Å². The smallest absolute Gasteiger partial charge is 0.265 e. The molecule has 128 valence electrons. The molecule has 1 saturated heterocycles. The zero-order chi connectivity index (χ0) is 17.2. The highest BCUT2D eigenvalue weighted by Crippen LogP contribution is 2.24. The van der Waals surface area contributed by atoms with Crippen LogP contribution in [0.25, 0.3) is 10.7 Å². The van der Waals surface area contributed by atoms with E-state index in [0.29, 0.717) is 35.2 Å². The third-order valence-corrected chi connectivity index (χ3v) is 4.78. The van der Waals surface area contributed by atoms with Gasteiger partial charge in [-0.05, 0) is 13.8 Å². The van der Waals surface area contributed by atoms with E-state index in [1.807, 2.05) is 4.90 Å². The summed E-state index contributed by atoms with van der Waals surface area (Å²) in [6, 6.07) is 0. The first-order valence-electron chi connectivity index (χ1n) is 7.88. The number of aromatic nitrogens is 3. The molecule has 7 nitrogen and oxygen atoms in total. The fourth-order valence-corrected chi connectivity index (χ4v) is 3.56. The number of thiazole rings is 1. The summed E-state index contributed by atoms with van der Waals surface area (Å²) >= 11 is 1.34. The second kappa shape index (κ2) is 6.92. The van der Waals surface area contributed by atoms with Crippen molar-refractivity contribution in [3.8, 4) is 10.7 Å². The second-order valence-corrected chi connectivity index (χ2v) is 7.53. The molecule has 0 atom stereocenters. The highest BCUT2D eigenvalue weighted by atomic mass is 32.1. The molecule has 8 heteroatoms. The van der Waals surface area contributed by atoms with Gasteiger partial charge >= 0.3 is 0 Å². The summed E-state index contributed by atoms with van der Waals surface area (Å²) in [5, 5.41) is 10.6. The van der Waals surface area contributed by atoms with Crippen LogP contribution < -0.4 is 0 Å². The third-order valence-electron chi connectivity index (χ3n) is 3.77. The summed E-state index contributed by atoms with van der Waals surface area (Å²) in [4.78, 5) is 29.8. The van der Waals surface area contributed by atoms with Crippen LogP contribution in [0.15, 0.2) is 24.8 Å². The minimum absolute atomic E-state index is 0.00514. The van der Waals surface area contributed by atoms with Crippen molar-refractivity contribution < 1.29 is 9.90 Å². The van der Waals surface area contributed by atoms with Crippen molar-refractivity contribution in [1.29, 1.82) is 0 Å². The summed E-state index contributed by atoms with van der Waals surface area (Å²) in [5.74, 6) is 0.00514. The Bertz CT molecular complexity index is 690. The van der Waals surface area contributed by atoms with Crippen LogP contribution >= 0.6 is 11.3 Å². The number of rotatable bonds is 4. The first-order valence-corrected chi connectivity index (χ1v) is 8.70. The summed E-state index contributed by atoms with van der Waals surface area (Å²) in [5.41, 5.74) is -0.0355. The molecule has 1 aliphatic heterocycles. The van der Waals surface area contributed by atoms with Crippen molar-refractivity contribution >= 4 is 17.2 Å². The summed E-state index contributed by atoms with van der Waals surface area (Å²) < 4.78 is 0. The normalized spacial score (nSPS) is 16.4. The van der Waals surface area contributed by atoms with Gasteiger partial charge in [-0.2, -0.15) is 0 Å². The maximum absolute atomic E-state index is 12.6. The topological polar surface area (TPSA) is 82.5 Å². The Labute approximate surface area is 145 Å². The Morgan fingerprint density at radius 1 is 1.21 bits per heavy atom. The molecule has 1 aliphatic rings. The lowest BCUT2D eigenvalue weighted by Gasteiger charge is -2.37. The van der Waals surface area contributed by atoms with Crippen LogP contribution in [0, 0.1) is 0 Å². The van der Waals surface area contributed by atoms with Gasteiger partial charge in [0.25, 0.3) is 5.91 Å². The fraction of sp³-hybridized carbons (Fsp3) is 0.500. The first kappa shape index (κ1) is 16.9. The zero-order valence-electron chi connectivity index (χ0n) is 13.8. The number of nitrogens with zero attached hydrogens (tertiary/aromatic N) is 5. The Balaban J connectivity index is 1.61. The zero-order valence-corrected chi connectivity index (χ0v) is 14.7. The van der Waals surface area contributed by atoms with Gasteiger partial charge < -0.3 is 10.0 Å².